The van der Waals surface area contributed by atoms with Crippen LogP contribution in [0.15, 0.2) is 32.7 Å². The lowest BCUT2D eigenvalue weighted by Gasteiger charge is -2.13. The Morgan fingerprint density at radius 1 is 1.17 bits per heavy atom. The molecule has 0 radical (unpaired) electrons. The molecule has 2 aromatic rings. The summed E-state index contributed by atoms with van der Waals surface area (Å²) in [6.07, 6.45) is 1.65. The van der Waals surface area contributed by atoms with Crippen molar-refractivity contribution in [2.75, 3.05) is 13.2 Å². The molecule has 0 aliphatic carbocycles. The van der Waals surface area contributed by atoms with Gasteiger partial charge >= 0.3 is 11.1 Å². The van der Waals surface area contributed by atoms with E-state index in [-0.39, 0.29) is 17.5 Å². The van der Waals surface area contributed by atoms with E-state index in [2.05, 4.69) is 4.72 Å². The zero-order valence-corrected chi connectivity index (χ0v) is 14.3. The Kier molecular flexibility index (Phi) is 4.33. The van der Waals surface area contributed by atoms with Gasteiger partial charge in [0.15, 0.2) is 0 Å². The molecule has 1 saturated heterocycles. The highest BCUT2D eigenvalue weighted by Gasteiger charge is 2.21. The molecule has 130 valence electrons. The number of rotatable bonds is 4. The lowest BCUT2D eigenvalue weighted by atomic mass is 10.2. The van der Waals surface area contributed by atoms with Crippen molar-refractivity contribution in [3.63, 3.8) is 0 Å². The molecule has 1 aliphatic rings. The second-order valence-electron chi connectivity index (χ2n) is 5.87. The van der Waals surface area contributed by atoms with Gasteiger partial charge in [-0.1, -0.05) is 0 Å². The van der Waals surface area contributed by atoms with Gasteiger partial charge in [-0.25, -0.2) is 13.1 Å². The molecule has 1 fully saturated rings. The Hall–Kier alpha value is -1.97. The third-order valence-electron chi connectivity index (χ3n) is 4.30. The molecule has 1 N–H and O–H groups in total. The Morgan fingerprint density at radius 2 is 1.83 bits per heavy atom. The summed E-state index contributed by atoms with van der Waals surface area (Å²) in [4.78, 5) is 23.8. The van der Waals surface area contributed by atoms with E-state index in [4.69, 9.17) is 4.74 Å². The Balaban J connectivity index is 2.01. The molecule has 0 amide bonds. The first-order valence-corrected chi connectivity index (χ1v) is 9.10. The summed E-state index contributed by atoms with van der Waals surface area (Å²) in [6, 6.07) is 4.34. The first-order valence-electron chi connectivity index (χ1n) is 7.62. The van der Waals surface area contributed by atoms with Crippen LogP contribution in [0.4, 0.5) is 0 Å². The van der Waals surface area contributed by atoms with Gasteiger partial charge in [-0.2, -0.15) is 0 Å². The molecule has 0 saturated carbocycles. The van der Waals surface area contributed by atoms with Crippen LogP contribution in [0.25, 0.3) is 11.0 Å². The molecular formula is C15H19N3O5S. The van der Waals surface area contributed by atoms with Crippen LogP contribution in [0, 0.1) is 0 Å². The number of aromatic nitrogens is 2. The number of nitrogens with zero attached hydrogens (tertiary/aromatic N) is 2. The number of fused-ring (bicyclic) bond motifs is 1. The summed E-state index contributed by atoms with van der Waals surface area (Å²) in [6.45, 7) is 0.866. The highest BCUT2D eigenvalue weighted by molar-refractivity contribution is 7.89. The maximum absolute atomic E-state index is 12.5. The summed E-state index contributed by atoms with van der Waals surface area (Å²) in [5, 5.41) is 0. The molecule has 1 aromatic heterocycles. The van der Waals surface area contributed by atoms with Gasteiger partial charge in [-0.05, 0) is 31.0 Å². The average Bonchev–Trinajstić information content (AvgIpc) is 3.09. The van der Waals surface area contributed by atoms with Crippen molar-refractivity contribution in [3.8, 4) is 0 Å². The standard InChI is InChI=1S/C15H19N3O5S/c1-17-12-6-5-11(8-13(12)18(2)15(20)14(17)19)24(21,22)16-9-10-4-3-7-23-10/h5-6,8,10,16H,3-4,7,9H2,1-2H3/t10-/m0/s1. The Labute approximate surface area is 138 Å². The zero-order valence-electron chi connectivity index (χ0n) is 13.5. The number of benzene rings is 1. The highest BCUT2D eigenvalue weighted by atomic mass is 32.2. The second kappa shape index (κ2) is 6.15. The van der Waals surface area contributed by atoms with Gasteiger partial charge in [0.1, 0.15) is 0 Å². The van der Waals surface area contributed by atoms with Crippen LogP contribution >= 0.6 is 0 Å². The predicted molar refractivity (Wildman–Crippen MR) is 88.6 cm³/mol. The van der Waals surface area contributed by atoms with Gasteiger partial charge < -0.3 is 13.9 Å². The third kappa shape index (κ3) is 2.90. The van der Waals surface area contributed by atoms with E-state index in [0.29, 0.717) is 17.6 Å². The van der Waals surface area contributed by atoms with Gasteiger partial charge in [0.05, 0.1) is 22.0 Å². The summed E-state index contributed by atoms with van der Waals surface area (Å²) in [5.74, 6) is 0. The fourth-order valence-electron chi connectivity index (χ4n) is 2.82. The van der Waals surface area contributed by atoms with Crippen molar-refractivity contribution >= 4 is 21.1 Å². The third-order valence-corrected chi connectivity index (χ3v) is 5.72. The van der Waals surface area contributed by atoms with E-state index in [9.17, 15) is 18.0 Å². The SMILES string of the molecule is Cn1c(=O)c(=O)n(C)c2cc(S(=O)(=O)NC[C@@H]3CCCO3)ccc21. The van der Waals surface area contributed by atoms with Crippen molar-refractivity contribution in [2.45, 2.75) is 23.8 Å². The molecule has 8 nitrogen and oxygen atoms in total. The van der Waals surface area contributed by atoms with Crippen molar-refractivity contribution < 1.29 is 13.2 Å². The van der Waals surface area contributed by atoms with E-state index in [1.165, 1.54) is 36.9 Å². The largest absolute Gasteiger partial charge is 0.377 e. The van der Waals surface area contributed by atoms with E-state index >= 15 is 0 Å². The quantitative estimate of drug-likeness (QED) is 0.761. The molecule has 2 heterocycles. The van der Waals surface area contributed by atoms with E-state index in [0.717, 1.165) is 17.4 Å². The molecule has 1 atom stereocenters. The lowest BCUT2D eigenvalue weighted by Crippen LogP contribution is -2.39. The van der Waals surface area contributed by atoms with Crippen molar-refractivity contribution in [1.82, 2.24) is 13.9 Å². The van der Waals surface area contributed by atoms with E-state index in [1.54, 1.807) is 0 Å². The highest BCUT2D eigenvalue weighted by Crippen LogP contribution is 2.17. The van der Waals surface area contributed by atoms with Gasteiger partial charge in [0.2, 0.25) is 10.0 Å². The number of hydrogen-bond acceptors (Lipinski definition) is 5. The normalized spacial score (nSPS) is 18.3. The number of ether oxygens (including phenoxy) is 1. The lowest BCUT2D eigenvalue weighted by molar-refractivity contribution is 0.114. The zero-order chi connectivity index (χ0) is 17.5. The minimum absolute atomic E-state index is 0.0432. The molecule has 24 heavy (non-hydrogen) atoms. The molecule has 0 bridgehead atoms. The predicted octanol–water partition coefficient (Wildman–Crippen LogP) is -0.305. The first kappa shape index (κ1) is 16.9. The van der Waals surface area contributed by atoms with Crippen LogP contribution < -0.4 is 15.8 Å². The van der Waals surface area contributed by atoms with Gasteiger partial charge in [0, 0.05) is 27.2 Å². The van der Waals surface area contributed by atoms with Crippen molar-refractivity contribution in [3.05, 3.63) is 38.9 Å². The number of nitrogens with one attached hydrogen (secondary N) is 1. The number of aryl methyl sites for hydroxylation is 2. The van der Waals surface area contributed by atoms with Crippen LogP contribution in [0.2, 0.25) is 0 Å². The van der Waals surface area contributed by atoms with Crippen LogP contribution in [0.1, 0.15) is 12.8 Å². The fourth-order valence-corrected chi connectivity index (χ4v) is 3.91. The van der Waals surface area contributed by atoms with Crippen molar-refractivity contribution in [1.29, 1.82) is 0 Å². The molecule has 1 aliphatic heterocycles. The summed E-state index contributed by atoms with van der Waals surface area (Å²) in [5.41, 5.74) is -0.494. The topological polar surface area (TPSA) is 99.4 Å². The molecule has 0 unspecified atom stereocenters. The van der Waals surface area contributed by atoms with Crippen LogP contribution in [0.3, 0.4) is 0 Å². The number of hydrogen-bond donors (Lipinski definition) is 1. The van der Waals surface area contributed by atoms with Gasteiger partial charge in [-0.3, -0.25) is 9.59 Å². The molecule has 9 heteroatoms. The maximum Gasteiger partial charge on any atom is 0.316 e. The van der Waals surface area contributed by atoms with Gasteiger partial charge in [-0.15, -0.1) is 0 Å². The van der Waals surface area contributed by atoms with Crippen LogP contribution in [-0.2, 0) is 28.9 Å². The molecule has 0 spiro atoms. The Morgan fingerprint density at radius 3 is 2.46 bits per heavy atom. The molecule has 1 aromatic carbocycles. The second-order valence-corrected chi connectivity index (χ2v) is 7.63. The molecular weight excluding hydrogens is 334 g/mol. The minimum Gasteiger partial charge on any atom is -0.377 e. The van der Waals surface area contributed by atoms with Crippen LogP contribution in [-0.4, -0.2) is 36.8 Å². The maximum atomic E-state index is 12.5. The summed E-state index contributed by atoms with van der Waals surface area (Å²) < 4.78 is 35.2. The van der Waals surface area contributed by atoms with Gasteiger partial charge in [0.25, 0.3) is 0 Å². The minimum atomic E-state index is -3.72. The first-order chi connectivity index (χ1) is 11.3. The van der Waals surface area contributed by atoms with Crippen molar-refractivity contribution in [2.24, 2.45) is 14.1 Å². The Bertz CT molecular complexity index is 1000. The average molecular weight is 353 g/mol. The van der Waals surface area contributed by atoms with E-state index in [1.807, 2.05) is 0 Å². The monoisotopic (exact) mass is 353 g/mol. The summed E-state index contributed by atoms with van der Waals surface area (Å²) in [7, 11) is -0.796. The van der Waals surface area contributed by atoms with Crippen LogP contribution in [0.5, 0.6) is 0 Å². The molecule has 3 rings (SSSR count). The fraction of sp³-hybridized carbons (Fsp3) is 0.467. The van der Waals surface area contributed by atoms with E-state index < -0.39 is 21.1 Å². The smallest absolute Gasteiger partial charge is 0.316 e. The number of sulfonamides is 1. The summed E-state index contributed by atoms with van der Waals surface area (Å²) >= 11 is 0.